The van der Waals surface area contributed by atoms with Crippen molar-refractivity contribution in [3.63, 3.8) is 0 Å². The number of aliphatic hydroxyl groups is 1. The standard InChI is InChI=1S/C30H34ClF3N4O4/c1-28(2,3)42-27(39)38-15-20(16-38)29(40,24(14-35)36-4)19-10-11-23-21(13-19)25(31)22(26(37-23)41-5)12-17-6-8-18(9-7-17)30(32,33)34/h6-11,13-14,20,36,40H,12,15-16,35H2,1-5H3/b24-14-. The van der Waals surface area contributed by atoms with E-state index < -0.39 is 35.0 Å². The van der Waals surface area contributed by atoms with Crippen LogP contribution in [0.1, 0.15) is 43.0 Å². The fourth-order valence-electron chi connectivity index (χ4n) is 5.05. The molecule has 1 aliphatic heterocycles. The van der Waals surface area contributed by atoms with Crippen LogP contribution in [0.5, 0.6) is 5.88 Å². The molecule has 1 fully saturated rings. The average Bonchev–Trinajstić information content (AvgIpc) is 2.88. The first-order valence-electron chi connectivity index (χ1n) is 13.3. The minimum atomic E-state index is -4.44. The van der Waals surface area contributed by atoms with E-state index in [9.17, 15) is 23.1 Å². The molecule has 12 heteroatoms. The van der Waals surface area contributed by atoms with Crippen LogP contribution in [-0.2, 0) is 22.9 Å². The molecule has 2 aromatic carbocycles. The van der Waals surface area contributed by atoms with E-state index in [0.29, 0.717) is 33.3 Å². The summed E-state index contributed by atoms with van der Waals surface area (Å²) in [4.78, 5) is 18.6. The predicted octanol–water partition coefficient (Wildman–Crippen LogP) is 5.58. The summed E-state index contributed by atoms with van der Waals surface area (Å²) < 4.78 is 50.1. The van der Waals surface area contributed by atoms with E-state index >= 15 is 0 Å². The van der Waals surface area contributed by atoms with E-state index in [4.69, 9.17) is 26.8 Å². The third-order valence-corrected chi connectivity index (χ3v) is 7.68. The molecule has 0 saturated carbocycles. The number of nitrogens with two attached hydrogens (primary N) is 1. The van der Waals surface area contributed by atoms with Gasteiger partial charge in [0.05, 0.1) is 28.9 Å². The van der Waals surface area contributed by atoms with Gasteiger partial charge in [-0.05, 0) is 56.2 Å². The number of likely N-dealkylation sites (N-methyl/N-ethyl adjacent to an activating group) is 1. The molecule has 42 heavy (non-hydrogen) atoms. The number of benzene rings is 2. The van der Waals surface area contributed by atoms with Crippen LogP contribution in [0.2, 0.25) is 5.02 Å². The monoisotopic (exact) mass is 606 g/mol. The Kier molecular flexibility index (Phi) is 8.57. The minimum Gasteiger partial charge on any atom is -0.481 e. The van der Waals surface area contributed by atoms with Crippen LogP contribution < -0.4 is 15.8 Å². The number of carbonyl (C=O) groups excluding carboxylic acids is 1. The molecule has 0 spiro atoms. The summed E-state index contributed by atoms with van der Waals surface area (Å²) in [6.07, 6.45) is -3.48. The summed E-state index contributed by atoms with van der Waals surface area (Å²) in [5, 5.41) is 15.9. The number of nitrogens with one attached hydrogen (secondary N) is 1. The number of carbonyl (C=O) groups is 1. The van der Waals surface area contributed by atoms with Gasteiger partial charge in [-0.1, -0.05) is 29.8 Å². The summed E-state index contributed by atoms with van der Waals surface area (Å²) in [7, 11) is 3.07. The van der Waals surface area contributed by atoms with Gasteiger partial charge < -0.3 is 30.5 Å². The molecule has 1 saturated heterocycles. The summed E-state index contributed by atoms with van der Waals surface area (Å²) in [6.45, 7) is 5.78. The maximum absolute atomic E-state index is 13.0. The molecule has 0 radical (unpaired) electrons. The third-order valence-electron chi connectivity index (χ3n) is 7.24. The maximum Gasteiger partial charge on any atom is 0.416 e. The molecule has 0 bridgehead atoms. The Morgan fingerprint density at radius 3 is 2.31 bits per heavy atom. The molecule has 1 aliphatic rings. The van der Waals surface area contributed by atoms with Crippen LogP contribution in [0.25, 0.3) is 10.9 Å². The molecule has 4 N–H and O–H groups in total. The topological polar surface area (TPSA) is 110 Å². The van der Waals surface area contributed by atoms with Crippen molar-refractivity contribution in [2.45, 2.75) is 44.6 Å². The van der Waals surface area contributed by atoms with Crippen molar-refractivity contribution < 1.29 is 32.5 Å². The van der Waals surface area contributed by atoms with Crippen LogP contribution in [0.3, 0.4) is 0 Å². The zero-order valence-corrected chi connectivity index (χ0v) is 24.7. The van der Waals surface area contributed by atoms with Crippen molar-refractivity contribution in [1.29, 1.82) is 0 Å². The first-order valence-corrected chi connectivity index (χ1v) is 13.6. The van der Waals surface area contributed by atoms with E-state index in [2.05, 4.69) is 10.3 Å². The number of hydrogen-bond acceptors (Lipinski definition) is 7. The van der Waals surface area contributed by atoms with Crippen molar-refractivity contribution in [3.05, 3.63) is 81.6 Å². The van der Waals surface area contributed by atoms with Gasteiger partial charge in [-0.2, -0.15) is 13.2 Å². The summed E-state index contributed by atoms with van der Waals surface area (Å²) in [5.74, 6) is -0.193. The second kappa shape index (κ2) is 11.5. The van der Waals surface area contributed by atoms with Crippen molar-refractivity contribution in [1.82, 2.24) is 15.2 Å². The molecule has 1 aromatic heterocycles. The summed E-state index contributed by atoms with van der Waals surface area (Å²) in [5.41, 5.74) is 5.23. The first-order chi connectivity index (χ1) is 19.6. The quantitative estimate of drug-likeness (QED) is 0.322. The molecule has 8 nitrogen and oxygen atoms in total. The number of ether oxygens (including phenoxy) is 2. The molecule has 1 unspecified atom stereocenters. The Hall–Kier alpha value is -3.70. The Bertz CT molecular complexity index is 1500. The Labute approximate surface area is 247 Å². The number of pyridine rings is 1. The molecule has 2 heterocycles. The SMILES string of the molecule is CN/C(=C\N)C(O)(c1ccc2nc(OC)c(Cc3ccc(C(F)(F)F)cc3)c(Cl)c2c1)C1CN(C(=O)OC(C)(C)C)C1. The van der Waals surface area contributed by atoms with Gasteiger partial charge in [0.1, 0.15) is 11.2 Å². The predicted molar refractivity (Wildman–Crippen MR) is 154 cm³/mol. The highest BCUT2D eigenvalue weighted by Crippen LogP contribution is 2.43. The van der Waals surface area contributed by atoms with Gasteiger partial charge in [0, 0.05) is 49.6 Å². The first kappa shape index (κ1) is 31.2. The third kappa shape index (κ3) is 6.07. The van der Waals surface area contributed by atoms with Crippen LogP contribution in [0, 0.1) is 5.92 Å². The van der Waals surface area contributed by atoms with Crippen molar-refractivity contribution in [2.24, 2.45) is 11.7 Å². The van der Waals surface area contributed by atoms with Gasteiger partial charge in [-0.3, -0.25) is 0 Å². The van der Waals surface area contributed by atoms with Crippen molar-refractivity contribution in [3.8, 4) is 5.88 Å². The number of likely N-dealkylation sites (tertiary alicyclic amines) is 1. The van der Waals surface area contributed by atoms with Crippen LogP contribution in [-0.4, -0.2) is 53.9 Å². The minimum absolute atomic E-state index is 0.162. The van der Waals surface area contributed by atoms with E-state index in [1.807, 2.05) is 0 Å². The fourth-order valence-corrected chi connectivity index (χ4v) is 5.35. The fraction of sp³-hybridized carbons (Fsp3) is 0.400. The number of methoxy groups -OCH3 is 1. The molecular weight excluding hydrogens is 573 g/mol. The van der Waals surface area contributed by atoms with Crippen molar-refractivity contribution in [2.75, 3.05) is 27.2 Å². The molecule has 3 aromatic rings. The van der Waals surface area contributed by atoms with Gasteiger partial charge in [0.25, 0.3) is 0 Å². The van der Waals surface area contributed by atoms with Gasteiger partial charge >= 0.3 is 12.3 Å². The number of fused-ring (bicyclic) bond motifs is 1. The lowest BCUT2D eigenvalue weighted by Crippen LogP contribution is -2.60. The van der Waals surface area contributed by atoms with E-state index in [1.54, 1.807) is 46.0 Å². The summed E-state index contributed by atoms with van der Waals surface area (Å²) >= 11 is 6.90. The lowest BCUT2D eigenvalue weighted by Gasteiger charge is -2.48. The maximum atomic E-state index is 13.0. The van der Waals surface area contributed by atoms with Gasteiger partial charge in [0.2, 0.25) is 5.88 Å². The second-order valence-corrected chi connectivity index (χ2v) is 11.6. The lowest BCUT2D eigenvalue weighted by molar-refractivity contribution is -0.137. The average molecular weight is 607 g/mol. The van der Waals surface area contributed by atoms with Crippen molar-refractivity contribution >= 4 is 28.6 Å². The smallest absolute Gasteiger partial charge is 0.416 e. The zero-order chi connectivity index (χ0) is 31.0. The molecule has 1 amide bonds. The summed E-state index contributed by atoms with van der Waals surface area (Å²) in [6, 6.07) is 9.90. The van der Waals surface area contributed by atoms with Gasteiger partial charge in [-0.25, -0.2) is 9.78 Å². The molecule has 1 atom stereocenters. The van der Waals surface area contributed by atoms with Crippen LogP contribution in [0.4, 0.5) is 18.0 Å². The van der Waals surface area contributed by atoms with E-state index in [-0.39, 0.29) is 30.4 Å². The van der Waals surface area contributed by atoms with Crippen LogP contribution in [0.15, 0.2) is 54.4 Å². The highest BCUT2D eigenvalue weighted by molar-refractivity contribution is 6.36. The Morgan fingerprint density at radius 2 is 1.79 bits per heavy atom. The van der Waals surface area contributed by atoms with E-state index in [0.717, 1.165) is 12.1 Å². The number of rotatable bonds is 7. The number of halogens is 4. The molecular formula is C30H34ClF3N4O4. The second-order valence-electron chi connectivity index (χ2n) is 11.2. The molecule has 226 valence electrons. The molecule has 0 aliphatic carbocycles. The number of hydrogen-bond donors (Lipinski definition) is 3. The van der Waals surface area contributed by atoms with Gasteiger partial charge in [0.15, 0.2) is 0 Å². The van der Waals surface area contributed by atoms with Crippen LogP contribution >= 0.6 is 11.6 Å². The highest BCUT2D eigenvalue weighted by atomic mass is 35.5. The zero-order valence-electron chi connectivity index (χ0n) is 24.0. The Balaban J connectivity index is 1.73. The Morgan fingerprint density at radius 1 is 1.17 bits per heavy atom. The lowest BCUT2D eigenvalue weighted by atomic mass is 9.74. The normalized spacial score (nSPS) is 16.1. The largest absolute Gasteiger partial charge is 0.481 e. The number of nitrogens with zero attached hydrogens (tertiary/aromatic N) is 2. The number of aromatic nitrogens is 1. The van der Waals surface area contributed by atoms with E-state index in [1.165, 1.54) is 30.3 Å². The van der Waals surface area contributed by atoms with Gasteiger partial charge in [-0.15, -0.1) is 0 Å². The highest BCUT2D eigenvalue weighted by Gasteiger charge is 2.50. The molecule has 4 rings (SSSR count). The number of alkyl halides is 3. The number of amides is 1.